The Hall–Kier alpha value is -3.49. The normalized spacial score (nSPS) is 29.8. The van der Waals surface area contributed by atoms with Gasteiger partial charge in [0, 0.05) is 25.8 Å². The van der Waals surface area contributed by atoms with E-state index in [1.54, 1.807) is 35.9 Å². The molecule has 39 heavy (non-hydrogen) atoms. The lowest BCUT2D eigenvalue weighted by molar-refractivity contribution is -0.151. The number of anilines is 1. The average Bonchev–Trinajstić information content (AvgIpc) is 3.51. The average molecular weight is 532 g/mol. The summed E-state index contributed by atoms with van der Waals surface area (Å²) in [5.41, 5.74) is -1.36. The van der Waals surface area contributed by atoms with E-state index in [0.717, 1.165) is 10.8 Å². The van der Waals surface area contributed by atoms with Crippen molar-refractivity contribution in [3.05, 3.63) is 67.8 Å². The SMILES string of the molecule is C=CCN(C)C(=O)[C@H]1[C@H]2C(=O)N([C@H](C)CO)C(C(=O)N(CC=C)c3ccc4ccccc4c3)C23CC[C@]1(C)O3. The molecule has 1 spiro atoms. The number of carbonyl (C=O) groups is 3. The van der Waals surface area contributed by atoms with Crippen LogP contribution in [-0.4, -0.2) is 82.7 Å². The van der Waals surface area contributed by atoms with Gasteiger partial charge in [0.05, 0.1) is 30.1 Å². The number of carbonyl (C=O) groups excluding carboxylic acids is 3. The zero-order valence-electron chi connectivity index (χ0n) is 22.9. The molecule has 8 heteroatoms. The summed E-state index contributed by atoms with van der Waals surface area (Å²) in [5.74, 6) is -2.37. The quantitative estimate of drug-likeness (QED) is 0.502. The number of amides is 3. The Kier molecular flexibility index (Phi) is 6.89. The Morgan fingerprint density at radius 2 is 1.82 bits per heavy atom. The van der Waals surface area contributed by atoms with E-state index >= 15 is 0 Å². The first kappa shape index (κ1) is 27.1. The predicted octanol–water partition coefficient (Wildman–Crippen LogP) is 3.15. The first-order valence-electron chi connectivity index (χ1n) is 13.5. The van der Waals surface area contributed by atoms with Crippen molar-refractivity contribution in [1.29, 1.82) is 0 Å². The smallest absolute Gasteiger partial charge is 0.253 e. The molecule has 5 rings (SSSR count). The number of benzene rings is 2. The minimum absolute atomic E-state index is 0.195. The maximum atomic E-state index is 14.6. The van der Waals surface area contributed by atoms with E-state index in [4.69, 9.17) is 4.74 Å². The number of likely N-dealkylation sites (N-methyl/N-ethyl adjacent to an activating group) is 1. The highest BCUT2D eigenvalue weighted by Crippen LogP contribution is 2.63. The standard InChI is InChI=1S/C31H37N3O5/c1-6-16-32(5)27(36)24-25-28(37)34(20(3)19-35)26(31(25)15-14-30(24,4)39-31)29(38)33(17-7-2)23-13-12-21-10-8-9-11-22(21)18-23/h6-13,18,20,24-26,35H,1-2,14-17,19H2,3-5H3/t20-,24-,25+,26?,30+,31?/m1/s1. The van der Waals surface area contributed by atoms with Crippen LogP contribution in [0.3, 0.4) is 0 Å². The number of rotatable bonds is 9. The molecule has 3 saturated heterocycles. The van der Waals surface area contributed by atoms with Gasteiger partial charge in [-0.1, -0.05) is 42.5 Å². The van der Waals surface area contributed by atoms with Gasteiger partial charge in [-0.25, -0.2) is 0 Å². The molecule has 3 heterocycles. The molecule has 3 aliphatic rings. The second-order valence-electron chi connectivity index (χ2n) is 11.3. The molecular formula is C31H37N3O5. The number of hydrogen-bond donors (Lipinski definition) is 1. The molecule has 2 aromatic rings. The first-order chi connectivity index (χ1) is 18.6. The van der Waals surface area contributed by atoms with Gasteiger partial charge in [-0.05, 0) is 49.6 Å². The maximum absolute atomic E-state index is 14.6. The van der Waals surface area contributed by atoms with Gasteiger partial charge in [-0.2, -0.15) is 0 Å². The molecular weight excluding hydrogens is 494 g/mol. The van der Waals surface area contributed by atoms with Crippen molar-refractivity contribution in [2.24, 2.45) is 11.8 Å². The van der Waals surface area contributed by atoms with Gasteiger partial charge in [0.1, 0.15) is 11.6 Å². The van der Waals surface area contributed by atoms with Gasteiger partial charge >= 0.3 is 0 Å². The van der Waals surface area contributed by atoms with Gasteiger partial charge in [-0.15, -0.1) is 13.2 Å². The van der Waals surface area contributed by atoms with E-state index < -0.39 is 35.1 Å². The molecule has 0 aromatic heterocycles. The Balaban J connectivity index is 1.61. The molecule has 2 aromatic carbocycles. The third-order valence-corrected chi connectivity index (χ3v) is 8.86. The van der Waals surface area contributed by atoms with Crippen LogP contribution in [0, 0.1) is 11.8 Å². The molecule has 3 fully saturated rings. The topological polar surface area (TPSA) is 90.4 Å². The van der Waals surface area contributed by atoms with Crippen LogP contribution >= 0.6 is 0 Å². The summed E-state index contributed by atoms with van der Waals surface area (Å²) in [7, 11) is 1.69. The molecule has 3 aliphatic heterocycles. The monoisotopic (exact) mass is 531 g/mol. The molecule has 1 N–H and O–H groups in total. The summed E-state index contributed by atoms with van der Waals surface area (Å²) in [4.78, 5) is 47.1. The maximum Gasteiger partial charge on any atom is 0.253 e. The van der Waals surface area contributed by atoms with E-state index in [2.05, 4.69) is 13.2 Å². The van der Waals surface area contributed by atoms with Crippen LogP contribution in [0.5, 0.6) is 0 Å². The zero-order valence-corrected chi connectivity index (χ0v) is 22.9. The van der Waals surface area contributed by atoms with Crippen molar-refractivity contribution in [3.8, 4) is 0 Å². The van der Waals surface area contributed by atoms with Crippen molar-refractivity contribution in [1.82, 2.24) is 9.80 Å². The summed E-state index contributed by atoms with van der Waals surface area (Å²) in [6.07, 6.45) is 4.32. The summed E-state index contributed by atoms with van der Waals surface area (Å²) < 4.78 is 6.71. The van der Waals surface area contributed by atoms with E-state index in [-0.39, 0.29) is 30.9 Å². The van der Waals surface area contributed by atoms with Gasteiger partial charge in [0.25, 0.3) is 5.91 Å². The van der Waals surface area contributed by atoms with Gasteiger partial charge < -0.3 is 24.5 Å². The number of hydrogen-bond acceptors (Lipinski definition) is 5. The van der Waals surface area contributed by atoms with Crippen molar-refractivity contribution >= 4 is 34.2 Å². The summed E-state index contributed by atoms with van der Waals surface area (Å²) in [6, 6.07) is 12.1. The molecule has 6 atom stereocenters. The van der Waals surface area contributed by atoms with E-state index in [1.807, 2.05) is 49.4 Å². The number of ether oxygens (including phenoxy) is 1. The van der Waals surface area contributed by atoms with E-state index in [1.165, 1.54) is 4.90 Å². The minimum atomic E-state index is -1.17. The summed E-state index contributed by atoms with van der Waals surface area (Å²) >= 11 is 0. The highest BCUT2D eigenvalue weighted by atomic mass is 16.5. The van der Waals surface area contributed by atoms with Crippen LogP contribution in [0.1, 0.15) is 26.7 Å². The Labute approximate surface area is 229 Å². The van der Waals surface area contributed by atoms with Crippen LogP contribution in [0.25, 0.3) is 10.8 Å². The lowest BCUT2D eigenvalue weighted by Gasteiger charge is -2.38. The van der Waals surface area contributed by atoms with Crippen LogP contribution in [-0.2, 0) is 19.1 Å². The highest BCUT2D eigenvalue weighted by molar-refractivity contribution is 6.06. The van der Waals surface area contributed by atoms with E-state index in [0.29, 0.717) is 25.1 Å². The van der Waals surface area contributed by atoms with Crippen LogP contribution < -0.4 is 4.90 Å². The molecule has 0 radical (unpaired) electrons. The fourth-order valence-corrected chi connectivity index (χ4v) is 7.05. The van der Waals surface area contributed by atoms with Gasteiger partial charge in [-0.3, -0.25) is 14.4 Å². The third-order valence-electron chi connectivity index (χ3n) is 8.86. The second-order valence-corrected chi connectivity index (χ2v) is 11.3. The molecule has 0 aliphatic carbocycles. The summed E-state index contributed by atoms with van der Waals surface area (Å²) in [5, 5.41) is 12.2. The molecule has 2 bridgehead atoms. The zero-order chi connectivity index (χ0) is 28.1. The van der Waals surface area contributed by atoms with Gasteiger partial charge in [0.15, 0.2) is 0 Å². The van der Waals surface area contributed by atoms with Gasteiger partial charge in [0.2, 0.25) is 11.8 Å². The van der Waals surface area contributed by atoms with Crippen molar-refractivity contribution in [3.63, 3.8) is 0 Å². The van der Waals surface area contributed by atoms with Crippen molar-refractivity contribution in [2.75, 3.05) is 31.6 Å². The Morgan fingerprint density at radius 3 is 2.49 bits per heavy atom. The number of aliphatic hydroxyl groups excluding tert-OH is 1. The van der Waals surface area contributed by atoms with Crippen molar-refractivity contribution < 1.29 is 24.2 Å². The lowest BCUT2D eigenvalue weighted by Crippen LogP contribution is -2.58. The number of fused-ring (bicyclic) bond motifs is 2. The third kappa shape index (κ3) is 4.00. The lowest BCUT2D eigenvalue weighted by atomic mass is 9.66. The van der Waals surface area contributed by atoms with Crippen LogP contribution in [0.15, 0.2) is 67.8 Å². The number of aliphatic hydroxyl groups is 1. The van der Waals surface area contributed by atoms with Crippen LogP contribution in [0.4, 0.5) is 5.69 Å². The largest absolute Gasteiger partial charge is 0.394 e. The molecule has 8 nitrogen and oxygen atoms in total. The molecule has 3 amide bonds. The fourth-order valence-electron chi connectivity index (χ4n) is 7.05. The van der Waals surface area contributed by atoms with Crippen molar-refractivity contribution in [2.45, 2.75) is 50.0 Å². The highest BCUT2D eigenvalue weighted by Gasteiger charge is 2.78. The molecule has 2 unspecified atom stereocenters. The molecule has 0 saturated carbocycles. The number of likely N-dealkylation sites (tertiary alicyclic amines) is 1. The molecule has 206 valence electrons. The minimum Gasteiger partial charge on any atom is -0.394 e. The predicted molar refractivity (Wildman–Crippen MR) is 150 cm³/mol. The second kappa shape index (κ2) is 9.92. The Morgan fingerprint density at radius 1 is 1.13 bits per heavy atom. The number of nitrogens with zero attached hydrogens (tertiary/aromatic N) is 3. The summed E-state index contributed by atoms with van der Waals surface area (Å²) in [6.45, 7) is 11.5. The Bertz CT molecular complexity index is 1340. The first-order valence-corrected chi connectivity index (χ1v) is 13.5. The van der Waals surface area contributed by atoms with Crippen LogP contribution in [0.2, 0.25) is 0 Å². The van der Waals surface area contributed by atoms with E-state index in [9.17, 15) is 19.5 Å². The fraction of sp³-hybridized carbons (Fsp3) is 0.452.